The van der Waals surface area contributed by atoms with Gasteiger partial charge in [-0.1, -0.05) is 24.3 Å². The lowest BCUT2D eigenvalue weighted by Gasteiger charge is -2.15. The van der Waals surface area contributed by atoms with Crippen molar-refractivity contribution in [2.75, 3.05) is 13.2 Å². The third-order valence-electron chi connectivity index (χ3n) is 1.99. The molecule has 14 heavy (non-hydrogen) atoms. The summed E-state index contributed by atoms with van der Waals surface area (Å²) in [5.41, 5.74) is 6.27. The first-order valence-electron chi connectivity index (χ1n) is 4.90. The Labute approximate surface area is 85.4 Å². The fourth-order valence-electron chi connectivity index (χ4n) is 1.30. The van der Waals surface area contributed by atoms with Crippen molar-refractivity contribution in [1.82, 2.24) is 0 Å². The molecule has 2 nitrogen and oxygen atoms in total. The maximum absolute atomic E-state index is 5.42. The molecule has 0 spiro atoms. The molecule has 0 atom stereocenters. The minimum absolute atomic E-state index is 0.583. The average molecular weight is 191 g/mol. The van der Waals surface area contributed by atoms with Crippen LogP contribution < -0.4 is 10.5 Å². The van der Waals surface area contributed by atoms with Crippen LogP contribution in [-0.4, -0.2) is 13.2 Å². The molecule has 1 aromatic rings. The molecule has 0 amide bonds. The first-order valence-corrected chi connectivity index (χ1v) is 4.90. The molecular weight excluding hydrogens is 174 g/mol. The summed E-state index contributed by atoms with van der Waals surface area (Å²) in [5, 5.41) is 0. The van der Waals surface area contributed by atoms with Crippen molar-refractivity contribution in [3.05, 3.63) is 42.5 Å². The van der Waals surface area contributed by atoms with E-state index in [-0.39, 0.29) is 0 Å². The summed E-state index contributed by atoms with van der Waals surface area (Å²) in [7, 11) is 0. The standard InChI is InChI=1S/C9H10O.C3H7N/c1-2-6-9-8(4-1)5-3-7-10-9;1-2-3-4/h1-2,4,6H,3,5,7H2;2H,1,3-4H2. The minimum atomic E-state index is 0.583. The lowest BCUT2D eigenvalue weighted by molar-refractivity contribution is 0.288. The molecule has 1 aromatic carbocycles. The van der Waals surface area contributed by atoms with Gasteiger partial charge in [-0.25, -0.2) is 0 Å². The molecule has 0 fully saturated rings. The van der Waals surface area contributed by atoms with Crippen LogP contribution in [0.4, 0.5) is 0 Å². The Morgan fingerprint density at radius 2 is 2.14 bits per heavy atom. The number of ether oxygens (including phenoxy) is 1. The molecule has 2 rings (SSSR count). The van der Waals surface area contributed by atoms with Gasteiger partial charge in [0.2, 0.25) is 0 Å². The van der Waals surface area contributed by atoms with Gasteiger partial charge in [0.1, 0.15) is 5.75 Å². The largest absolute Gasteiger partial charge is 0.493 e. The van der Waals surface area contributed by atoms with Gasteiger partial charge >= 0.3 is 0 Å². The van der Waals surface area contributed by atoms with Gasteiger partial charge in [0, 0.05) is 6.54 Å². The third kappa shape index (κ3) is 3.23. The number of hydrogen-bond donors (Lipinski definition) is 1. The van der Waals surface area contributed by atoms with Crippen molar-refractivity contribution in [2.45, 2.75) is 12.8 Å². The Bertz CT molecular complexity index is 258. The molecule has 0 radical (unpaired) electrons. The summed E-state index contributed by atoms with van der Waals surface area (Å²) >= 11 is 0. The molecule has 76 valence electrons. The molecule has 0 saturated carbocycles. The summed E-state index contributed by atoms with van der Waals surface area (Å²) in [6.07, 6.45) is 3.99. The highest BCUT2D eigenvalue weighted by Crippen LogP contribution is 2.22. The monoisotopic (exact) mass is 191 g/mol. The van der Waals surface area contributed by atoms with Gasteiger partial charge in [-0.2, -0.15) is 0 Å². The van der Waals surface area contributed by atoms with Crippen LogP contribution in [0.1, 0.15) is 12.0 Å². The number of rotatable bonds is 1. The summed E-state index contributed by atoms with van der Waals surface area (Å²) in [4.78, 5) is 0. The number of fused-ring (bicyclic) bond motifs is 1. The summed E-state index contributed by atoms with van der Waals surface area (Å²) in [5.74, 6) is 1.08. The number of aryl methyl sites for hydroxylation is 1. The smallest absolute Gasteiger partial charge is 0.122 e. The molecule has 2 heteroatoms. The topological polar surface area (TPSA) is 35.2 Å². The highest BCUT2D eigenvalue weighted by Gasteiger charge is 2.06. The molecule has 0 unspecified atom stereocenters. The van der Waals surface area contributed by atoms with Crippen LogP contribution in [-0.2, 0) is 6.42 Å². The van der Waals surface area contributed by atoms with Crippen molar-refractivity contribution >= 4 is 0 Å². The number of nitrogens with two attached hydrogens (primary N) is 1. The minimum Gasteiger partial charge on any atom is -0.493 e. The molecule has 1 heterocycles. The molecule has 1 aliphatic heterocycles. The summed E-state index contributed by atoms with van der Waals surface area (Å²) < 4.78 is 5.42. The highest BCUT2D eigenvalue weighted by molar-refractivity contribution is 5.34. The Balaban J connectivity index is 0.000000213. The quantitative estimate of drug-likeness (QED) is 0.690. The van der Waals surface area contributed by atoms with Crippen molar-refractivity contribution < 1.29 is 4.74 Å². The van der Waals surface area contributed by atoms with Gasteiger partial charge in [0.15, 0.2) is 0 Å². The van der Waals surface area contributed by atoms with Gasteiger partial charge in [-0.3, -0.25) is 0 Å². The van der Waals surface area contributed by atoms with Gasteiger partial charge in [0.25, 0.3) is 0 Å². The molecule has 0 aromatic heterocycles. The Morgan fingerprint density at radius 1 is 1.43 bits per heavy atom. The number of para-hydroxylation sites is 1. The Kier molecular flexibility index (Phi) is 4.79. The molecule has 2 N–H and O–H groups in total. The zero-order valence-electron chi connectivity index (χ0n) is 8.41. The average Bonchev–Trinajstić information content (AvgIpc) is 2.30. The van der Waals surface area contributed by atoms with Crippen LogP contribution in [0.15, 0.2) is 36.9 Å². The maximum Gasteiger partial charge on any atom is 0.122 e. The number of benzene rings is 1. The van der Waals surface area contributed by atoms with E-state index in [0.717, 1.165) is 18.8 Å². The van der Waals surface area contributed by atoms with Gasteiger partial charge < -0.3 is 10.5 Å². The number of hydrogen-bond acceptors (Lipinski definition) is 2. The predicted octanol–water partition coefficient (Wildman–Crippen LogP) is 2.14. The third-order valence-corrected chi connectivity index (χ3v) is 1.99. The molecule has 0 bridgehead atoms. The summed E-state index contributed by atoms with van der Waals surface area (Å²) in [6.45, 7) is 4.82. The van der Waals surface area contributed by atoms with Gasteiger partial charge in [-0.05, 0) is 24.5 Å². The Morgan fingerprint density at radius 3 is 2.79 bits per heavy atom. The SMILES string of the molecule is C=CCN.c1ccc2c(c1)CCCO2. The lowest BCUT2D eigenvalue weighted by Crippen LogP contribution is -2.07. The first kappa shape index (κ1) is 10.8. The van der Waals surface area contributed by atoms with Crippen LogP contribution >= 0.6 is 0 Å². The molecule has 0 saturated heterocycles. The fourth-order valence-corrected chi connectivity index (χ4v) is 1.30. The van der Waals surface area contributed by atoms with E-state index in [1.165, 1.54) is 12.0 Å². The van der Waals surface area contributed by atoms with Crippen molar-refractivity contribution in [3.8, 4) is 5.75 Å². The van der Waals surface area contributed by atoms with Crippen molar-refractivity contribution in [3.63, 3.8) is 0 Å². The van der Waals surface area contributed by atoms with Gasteiger partial charge in [-0.15, -0.1) is 6.58 Å². The zero-order chi connectivity index (χ0) is 10.2. The van der Waals surface area contributed by atoms with Crippen molar-refractivity contribution in [1.29, 1.82) is 0 Å². The Hall–Kier alpha value is -1.28. The fraction of sp³-hybridized carbons (Fsp3) is 0.333. The second kappa shape index (κ2) is 6.22. The van der Waals surface area contributed by atoms with Crippen LogP contribution in [0.3, 0.4) is 0 Å². The molecule has 1 aliphatic rings. The van der Waals surface area contributed by atoms with E-state index in [9.17, 15) is 0 Å². The first-order chi connectivity index (χ1) is 6.88. The van der Waals surface area contributed by atoms with E-state index >= 15 is 0 Å². The van der Waals surface area contributed by atoms with Crippen LogP contribution in [0.5, 0.6) is 5.75 Å². The van der Waals surface area contributed by atoms with E-state index in [4.69, 9.17) is 10.5 Å². The van der Waals surface area contributed by atoms with E-state index in [1.807, 2.05) is 12.1 Å². The van der Waals surface area contributed by atoms with Crippen molar-refractivity contribution in [2.24, 2.45) is 5.73 Å². The van der Waals surface area contributed by atoms with E-state index in [2.05, 4.69) is 18.7 Å². The second-order valence-corrected chi connectivity index (χ2v) is 3.08. The predicted molar refractivity (Wildman–Crippen MR) is 59.5 cm³/mol. The van der Waals surface area contributed by atoms with Crippen LogP contribution in [0, 0.1) is 0 Å². The lowest BCUT2D eigenvalue weighted by atomic mass is 10.1. The normalized spacial score (nSPS) is 12.9. The maximum atomic E-state index is 5.42. The molecule has 0 aliphatic carbocycles. The highest BCUT2D eigenvalue weighted by atomic mass is 16.5. The van der Waals surface area contributed by atoms with E-state index < -0.39 is 0 Å². The van der Waals surface area contributed by atoms with Gasteiger partial charge in [0.05, 0.1) is 6.61 Å². The summed E-state index contributed by atoms with van der Waals surface area (Å²) in [6, 6.07) is 8.25. The molecular formula is C12H17NO. The van der Waals surface area contributed by atoms with E-state index in [0.29, 0.717) is 6.54 Å². The zero-order valence-corrected chi connectivity index (χ0v) is 8.41. The van der Waals surface area contributed by atoms with Crippen LogP contribution in [0.25, 0.3) is 0 Å². The second-order valence-electron chi connectivity index (χ2n) is 3.08. The van der Waals surface area contributed by atoms with Crippen LogP contribution in [0.2, 0.25) is 0 Å². The van der Waals surface area contributed by atoms with E-state index in [1.54, 1.807) is 6.08 Å².